The Morgan fingerprint density at radius 1 is 1.00 bits per heavy atom. The number of hydrogen-bond donors (Lipinski definition) is 1. The number of sulfonamides is 1. The zero-order valence-corrected chi connectivity index (χ0v) is 19.4. The zero-order chi connectivity index (χ0) is 24.2. The summed E-state index contributed by atoms with van der Waals surface area (Å²) in [5.74, 6) is -0.693. The molecule has 3 rings (SSSR count). The standard InChI is InChI=1S/C23H21F3N2O3S2/c1-16-9-11-21(12-10-16)33(30,31)28(19-7-3-5-17(13-19)23(24,25)26)15-22(29)27-18-6-4-8-20(14-18)32-2/h3-14H,15H2,1-2H3,(H,27,29). The van der Waals surface area contributed by atoms with Crippen LogP contribution in [0.2, 0.25) is 0 Å². The van der Waals surface area contributed by atoms with Gasteiger partial charge in [-0.1, -0.05) is 29.8 Å². The van der Waals surface area contributed by atoms with Crippen LogP contribution in [0.3, 0.4) is 0 Å². The minimum Gasteiger partial charge on any atom is -0.324 e. The number of thioether (sulfide) groups is 1. The molecule has 0 aliphatic carbocycles. The van der Waals surface area contributed by atoms with Crippen LogP contribution in [0.15, 0.2) is 82.6 Å². The minimum atomic E-state index is -4.67. The van der Waals surface area contributed by atoms with Crippen LogP contribution in [0.4, 0.5) is 24.5 Å². The lowest BCUT2D eigenvalue weighted by Gasteiger charge is -2.25. The van der Waals surface area contributed by atoms with E-state index in [0.29, 0.717) is 16.1 Å². The molecule has 0 aliphatic rings. The number of aryl methyl sites for hydroxylation is 1. The molecule has 10 heteroatoms. The van der Waals surface area contributed by atoms with Crippen LogP contribution in [-0.4, -0.2) is 27.1 Å². The van der Waals surface area contributed by atoms with Crippen LogP contribution in [0, 0.1) is 6.92 Å². The lowest BCUT2D eigenvalue weighted by Crippen LogP contribution is -2.38. The molecule has 0 atom stereocenters. The van der Waals surface area contributed by atoms with Gasteiger partial charge in [-0.15, -0.1) is 11.8 Å². The molecule has 0 aliphatic heterocycles. The van der Waals surface area contributed by atoms with Crippen molar-refractivity contribution in [1.82, 2.24) is 0 Å². The van der Waals surface area contributed by atoms with Gasteiger partial charge in [-0.05, 0) is 61.7 Å². The first-order valence-corrected chi connectivity index (χ1v) is 12.4. The van der Waals surface area contributed by atoms with Crippen molar-refractivity contribution in [1.29, 1.82) is 0 Å². The average molecular weight is 495 g/mol. The van der Waals surface area contributed by atoms with Gasteiger partial charge in [0.1, 0.15) is 6.54 Å². The normalized spacial score (nSPS) is 11.8. The summed E-state index contributed by atoms with van der Waals surface area (Å²) in [6.45, 7) is 1.07. The summed E-state index contributed by atoms with van der Waals surface area (Å²) >= 11 is 1.46. The highest BCUT2D eigenvalue weighted by molar-refractivity contribution is 7.98. The summed E-state index contributed by atoms with van der Waals surface area (Å²) in [4.78, 5) is 13.5. The number of nitrogens with one attached hydrogen (secondary N) is 1. The Bertz CT molecular complexity index is 1240. The van der Waals surface area contributed by atoms with Gasteiger partial charge in [0.2, 0.25) is 5.91 Å². The summed E-state index contributed by atoms with van der Waals surface area (Å²) in [5, 5.41) is 2.61. The maximum absolute atomic E-state index is 13.4. The van der Waals surface area contributed by atoms with E-state index in [1.807, 2.05) is 12.3 Å². The van der Waals surface area contributed by atoms with Crippen LogP contribution in [0.5, 0.6) is 0 Å². The van der Waals surface area contributed by atoms with Gasteiger partial charge in [0.05, 0.1) is 16.1 Å². The van der Waals surface area contributed by atoms with Crippen molar-refractivity contribution in [3.8, 4) is 0 Å². The van der Waals surface area contributed by atoms with E-state index in [9.17, 15) is 26.4 Å². The quantitative estimate of drug-likeness (QED) is 0.436. The molecule has 0 unspecified atom stereocenters. The molecule has 1 amide bonds. The molecule has 0 heterocycles. The fourth-order valence-corrected chi connectivity index (χ4v) is 4.89. The molecule has 3 aromatic rings. The van der Waals surface area contributed by atoms with Crippen molar-refractivity contribution in [2.45, 2.75) is 22.9 Å². The van der Waals surface area contributed by atoms with E-state index in [1.165, 1.54) is 30.0 Å². The molecule has 0 radical (unpaired) electrons. The van der Waals surface area contributed by atoms with Gasteiger partial charge < -0.3 is 5.32 Å². The number of hydrogen-bond acceptors (Lipinski definition) is 4. The van der Waals surface area contributed by atoms with E-state index in [1.54, 1.807) is 37.3 Å². The molecule has 0 spiro atoms. The number of benzene rings is 3. The molecule has 0 bridgehead atoms. The van der Waals surface area contributed by atoms with Crippen LogP contribution in [-0.2, 0) is 21.0 Å². The van der Waals surface area contributed by atoms with E-state index < -0.39 is 34.2 Å². The number of alkyl halides is 3. The molecule has 0 saturated heterocycles. The Balaban J connectivity index is 2.00. The fourth-order valence-electron chi connectivity index (χ4n) is 3.02. The number of halogens is 3. The van der Waals surface area contributed by atoms with Crippen LogP contribution in [0.1, 0.15) is 11.1 Å². The SMILES string of the molecule is CSc1cccc(NC(=O)CN(c2cccc(C(F)(F)F)c2)S(=O)(=O)c2ccc(C)cc2)c1. The van der Waals surface area contributed by atoms with Crippen LogP contribution < -0.4 is 9.62 Å². The van der Waals surface area contributed by atoms with Gasteiger partial charge in [-0.2, -0.15) is 13.2 Å². The maximum atomic E-state index is 13.4. The molecule has 0 fully saturated rings. The van der Waals surface area contributed by atoms with Crippen LogP contribution >= 0.6 is 11.8 Å². The largest absolute Gasteiger partial charge is 0.416 e. The van der Waals surface area contributed by atoms with Crippen molar-refractivity contribution in [3.05, 3.63) is 83.9 Å². The second-order valence-corrected chi connectivity index (χ2v) is 9.89. The Kier molecular flexibility index (Phi) is 7.38. The zero-order valence-electron chi connectivity index (χ0n) is 17.8. The highest BCUT2D eigenvalue weighted by Crippen LogP contribution is 2.33. The average Bonchev–Trinajstić information content (AvgIpc) is 2.77. The number of rotatable bonds is 7. The molecular formula is C23H21F3N2O3S2. The predicted octanol–water partition coefficient (Wildman–Crippen LogP) is 5.57. The van der Waals surface area contributed by atoms with E-state index in [0.717, 1.165) is 22.6 Å². The number of amides is 1. The number of anilines is 2. The van der Waals surface area contributed by atoms with Crippen LogP contribution in [0.25, 0.3) is 0 Å². The predicted molar refractivity (Wildman–Crippen MR) is 124 cm³/mol. The molecule has 0 saturated carbocycles. The van der Waals surface area contributed by atoms with Gasteiger partial charge in [-0.25, -0.2) is 8.42 Å². The van der Waals surface area contributed by atoms with Crippen molar-refractivity contribution in [3.63, 3.8) is 0 Å². The van der Waals surface area contributed by atoms with Crippen molar-refractivity contribution < 1.29 is 26.4 Å². The summed E-state index contributed by atoms with van der Waals surface area (Å²) in [6.07, 6.45) is -2.81. The molecule has 1 N–H and O–H groups in total. The molecular weight excluding hydrogens is 473 g/mol. The van der Waals surface area contributed by atoms with Gasteiger partial charge in [0.25, 0.3) is 10.0 Å². The Morgan fingerprint density at radius 3 is 2.30 bits per heavy atom. The van der Waals surface area contributed by atoms with Gasteiger partial charge in [0.15, 0.2) is 0 Å². The van der Waals surface area contributed by atoms with Gasteiger partial charge in [0, 0.05) is 10.6 Å². The third-order valence-electron chi connectivity index (χ3n) is 4.71. The second-order valence-electron chi connectivity index (χ2n) is 7.15. The first-order chi connectivity index (χ1) is 15.5. The highest BCUT2D eigenvalue weighted by Gasteiger charge is 2.33. The third kappa shape index (κ3) is 6.08. The highest BCUT2D eigenvalue weighted by atomic mass is 32.2. The summed E-state index contributed by atoms with van der Waals surface area (Å²) < 4.78 is 67.2. The minimum absolute atomic E-state index is 0.136. The van der Waals surface area contributed by atoms with E-state index in [4.69, 9.17) is 0 Å². The van der Waals surface area contributed by atoms with Crippen molar-refractivity contribution >= 4 is 39.1 Å². The molecule has 3 aromatic carbocycles. The molecule has 5 nitrogen and oxygen atoms in total. The van der Waals surface area contributed by atoms with Gasteiger partial charge in [-0.3, -0.25) is 9.10 Å². The lowest BCUT2D eigenvalue weighted by atomic mass is 10.2. The number of nitrogens with zero attached hydrogens (tertiary/aromatic N) is 1. The maximum Gasteiger partial charge on any atom is 0.416 e. The molecule has 0 aromatic heterocycles. The molecule has 174 valence electrons. The van der Waals surface area contributed by atoms with E-state index >= 15 is 0 Å². The number of carbonyl (C=O) groups excluding carboxylic acids is 1. The Labute approximate surface area is 194 Å². The Morgan fingerprint density at radius 2 is 1.67 bits per heavy atom. The summed E-state index contributed by atoms with van der Waals surface area (Å²) in [5.41, 5.74) is -0.0230. The lowest BCUT2D eigenvalue weighted by molar-refractivity contribution is -0.137. The summed E-state index contributed by atoms with van der Waals surface area (Å²) in [7, 11) is -4.33. The summed E-state index contributed by atoms with van der Waals surface area (Å²) in [6, 6.07) is 16.7. The molecule has 33 heavy (non-hydrogen) atoms. The van der Waals surface area contributed by atoms with E-state index in [2.05, 4.69) is 5.32 Å². The van der Waals surface area contributed by atoms with Gasteiger partial charge >= 0.3 is 6.18 Å². The second kappa shape index (κ2) is 9.88. The third-order valence-corrected chi connectivity index (χ3v) is 7.22. The smallest absolute Gasteiger partial charge is 0.324 e. The topological polar surface area (TPSA) is 66.5 Å². The monoisotopic (exact) mass is 494 g/mol. The van der Waals surface area contributed by atoms with Crippen molar-refractivity contribution in [2.75, 3.05) is 22.4 Å². The van der Waals surface area contributed by atoms with E-state index in [-0.39, 0.29) is 10.6 Å². The van der Waals surface area contributed by atoms with Crippen molar-refractivity contribution in [2.24, 2.45) is 0 Å². The number of carbonyl (C=O) groups is 1. The first kappa shape index (κ1) is 24.7. The Hall–Kier alpha value is -2.98. The first-order valence-electron chi connectivity index (χ1n) is 9.71. The fraction of sp³-hybridized carbons (Fsp3) is 0.174.